The number of carbonyl (C=O) groups excluding carboxylic acids is 1. The number of rotatable bonds is 4. The van der Waals surface area contributed by atoms with E-state index in [9.17, 15) is 9.18 Å². The lowest BCUT2D eigenvalue weighted by Gasteiger charge is -2.24. The number of hydrogen-bond donors (Lipinski definition) is 1. The maximum absolute atomic E-state index is 13.6. The molecule has 0 unspecified atom stereocenters. The summed E-state index contributed by atoms with van der Waals surface area (Å²) in [5.74, 6) is 0.469. The first-order valence-corrected chi connectivity index (χ1v) is 9.43. The Balaban J connectivity index is 1.78. The van der Waals surface area contributed by atoms with Gasteiger partial charge in [-0.2, -0.15) is 0 Å². The van der Waals surface area contributed by atoms with Gasteiger partial charge in [0.15, 0.2) is 0 Å². The number of anilines is 1. The molecule has 5 heteroatoms. The molecule has 132 valence electrons. The number of thiophene rings is 1. The van der Waals surface area contributed by atoms with E-state index in [1.807, 2.05) is 42.6 Å². The molecule has 1 amide bonds. The van der Waals surface area contributed by atoms with Gasteiger partial charge in [-0.1, -0.05) is 24.3 Å². The summed E-state index contributed by atoms with van der Waals surface area (Å²) in [5.41, 5.74) is 3.48. The normalized spacial score (nSPS) is 16.1. The zero-order valence-corrected chi connectivity index (χ0v) is 15.1. The van der Waals surface area contributed by atoms with E-state index < -0.39 is 0 Å². The van der Waals surface area contributed by atoms with Crippen molar-refractivity contribution in [1.82, 2.24) is 0 Å². The van der Waals surface area contributed by atoms with Crippen molar-refractivity contribution in [1.29, 1.82) is 0 Å². The molecule has 0 saturated carbocycles. The van der Waals surface area contributed by atoms with Gasteiger partial charge in [-0.25, -0.2) is 4.39 Å². The van der Waals surface area contributed by atoms with Crippen molar-refractivity contribution in [2.24, 2.45) is 0 Å². The first kappa shape index (κ1) is 16.8. The summed E-state index contributed by atoms with van der Waals surface area (Å²) in [6.45, 7) is 2.55. The van der Waals surface area contributed by atoms with Crippen molar-refractivity contribution in [2.45, 2.75) is 19.3 Å². The molecule has 1 aliphatic rings. The van der Waals surface area contributed by atoms with Crippen LogP contribution in [-0.4, -0.2) is 12.5 Å². The zero-order valence-electron chi connectivity index (χ0n) is 14.3. The van der Waals surface area contributed by atoms with Crippen LogP contribution in [0.4, 0.5) is 10.1 Å². The summed E-state index contributed by atoms with van der Waals surface area (Å²) in [7, 11) is 0. The smallest absolute Gasteiger partial charge is 0.225 e. The minimum atomic E-state index is -0.287. The van der Waals surface area contributed by atoms with Crippen LogP contribution in [0, 0.1) is 5.82 Å². The number of carbonyl (C=O) groups is 1. The molecule has 0 aliphatic carbocycles. The largest absolute Gasteiger partial charge is 0.494 e. The van der Waals surface area contributed by atoms with Crippen LogP contribution in [0.3, 0.4) is 0 Å². The van der Waals surface area contributed by atoms with E-state index in [1.165, 1.54) is 12.1 Å². The van der Waals surface area contributed by atoms with Crippen molar-refractivity contribution in [3.8, 4) is 16.9 Å². The molecular formula is C21H18FNO2S. The van der Waals surface area contributed by atoms with Crippen LogP contribution in [0.25, 0.3) is 11.1 Å². The van der Waals surface area contributed by atoms with Crippen molar-refractivity contribution in [3.63, 3.8) is 0 Å². The number of hydrogen-bond acceptors (Lipinski definition) is 3. The summed E-state index contributed by atoms with van der Waals surface area (Å²) >= 11 is 1.60. The Hall–Kier alpha value is -2.66. The molecule has 1 atom stereocenters. The lowest BCUT2D eigenvalue weighted by Crippen LogP contribution is -2.22. The van der Waals surface area contributed by atoms with Gasteiger partial charge in [0.1, 0.15) is 11.6 Å². The SMILES string of the molecule is CCOc1cccc([C@@H]2CC(=O)Nc3c(-c4cccc(F)c4)csc32)c1. The zero-order chi connectivity index (χ0) is 18.1. The van der Waals surface area contributed by atoms with Crippen molar-refractivity contribution in [3.05, 3.63) is 70.2 Å². The van der Waals surface area contributed by atoms with Gasteiger partial charge in [-0.3, -0.25) is 4.79 Å². The molecule has 0 fully saturated rings. The van der Waals surface area contributed by atoms with Gasteiger partial charge in [0, 0.05) is 28.2 Å². The highest BCUT2D eigenvalue weighted by atomic mass is 32.1. The predicted octanol–water partition coefficient (Wildman–Crippen LogP) is 5.43. The molecule has 2 aromatic carbocycles. The molecule has 26 heavy (non-hydrogen) atoms. The van der Waals surface area contributed by atoms with Crippen LogP contribution in [0.1, 0.15) is 29.7 Å². The van der Waals surface area contributed by atoms with Crippen molar-refractivity contribution in [2.75, 3.05) is 11.9 Å². The molecule has 0 radical (unpaired) electrons. The number of benzene rings is 2. The van der Waals surface area contributed by atoms with Gasteiger partial charge in [-0.05, 0) is 42.3 Å². The molecule has 3 nitrogen and oxygen atoms in total. The second-order valence-corrected chi connectivity index (χ2v) is 7.12. The van der Waals surface area contributed by atoms with Crippen molar-refractivity contribution >= 4 is 22.9 Å². The first-order chi connectivity index (χ1) is 12.7. The van der Waals surface area contributed by atoms with Crippen LogP contribution in [0.5, 0.6) is 5.75 Å². The van der Waals surface area contributed by atoms with Gasteiger partial charge in [0.05, 0.1) is 12.3 Å². The molecule has 0 spiro atoms. The van der Waals surface area contributed by atoms with Crippen LogP contribution >= 0.6 is 11.3 Å². The maximum Gasteiger partial charge on any atom is 0.225 e. The Morgan fingerprint density at radius 3 is 2.88 bits per heavy atom. The lowest BCUT2D eigenvalue weighted by molar-refractivity contribution is -0.116. The highest BCUT2D eigenvalue weighted by molar-refractivity contribution is 7.11. The average Bonchev–Trinajstić information content (AvgIpc) is 3.05. The Morgan fingerprint density at radius 2 is 2.08 bits per heavy atom. The van der Waals surface area contributed by atoms with Crippen molar-refractivity contribution < 1.29 is 13.9 Å². The molecule has 0 saturated heterocycles. The molecule has 1 aromatic heterocycles. The molecule has 2 heterocycles. The standard InChI is InChI=1S/C21H18FNO2S/c1-2-25-16-8-4-6-14(10-16)17-11-19(24)23-20-18(12-26-21(17)20)13-5-3-7-15(22)9-13/h3-10,12,17H,2,11H2,1H3,(H,23,24)/t17-/m0/s1. The Kier molecular flexibility index (Phi) is 4.47. The molecule has 1 aliphatic heterocycles. The van der Waals surface area contributed by atoms with Crippen LogP contribution < -0.4 is 10.1 Å². The topological polar surface area (TPSA) is 38.3 Å². The van der Waals surface area contributed by atoms with E-state index in [-0.39, 0.29) is 17.6 Å². The fourth-order valence-corrected chi connectivity index (χ4v) is 4.51. The number of fused-ring (bicyclic) bond motifs is 1. The quantitative estimate of drug-likeness (QED) is 0.668. The summed E-state index contributed by atoms with van der Waals surface area (Å²) < 4.78 is 19.2. The molecule has 0 bridgehead atoms. The van der Waals surface area contributed by atoms with E-state index in [4.69, 9.17) is 4.74 Å². The number of amides is 1. The van der Waals surface area contributed by atoms with Crippen LogP contribution in [-0.2, 0) is 4.79 Å². The average molecular weight is 367 g/mol. The predicted molar refractivity (Wildman–Crippen MR) is 102 cm³/mol. The fraction of sp³-hybridized carbons (Fsp3) is 0.190. The molecule has 3 aromatic rings. The third kappa shape index (κ3) is 3.10. The van der Waals surface area contributed by atoms with E-state index in [1.54, 1.807) is 17.4 Å². The summed E-state index contributed by atoms with van der Waals surface area (Å²) in [6, 6.07) is 14.3. The highest BCUT2D eigenvalue weighted by Crippen LogP contribution is 2.46. The van der Waals surface area contributed by atoms with E-state index in [2.05, 4.69) is 5.32 Å². The summed E-state index contributed by atoms with van der Waals surface area (Å²) in [5, 5.41) is 4.97. The van der Waals surface area contributed by atoms with Gasteiger partial charge in [-0.15, -0.1) is 11.3 Å². The lowest BCUT2D eigenvalue weighted by atomic mass is 9.89. The van der Waals surface area contributed by atoms with E-state index in [0.29, 0.717) is 13.0 Å². The summed E-state index contributed by atoms with van der Waals surface area (Å²) in [6.07, 6.45) is 0.395. The molecule has 4 rings (SSSR count). The minimum absolute atomic E-state index is 0.0218. The monoisotopic (exact) mass is 367 g/mol. The van der Waals surface area contributed by atoms with E-state index in [0.717, 1.165) is 33.0 Å². The maximum atomic E-state index is 13.6. The third-order valence-electron chi connectivity index (χ3n) is 4.50. The highest BCUT2D eigenvalue weighted by Gasteiger charge is 2.30. The van der Waals surface area contributed by atoms with Gasteiger partial charge >= 0.3 is 0 Å². The first-order valence-electron chi connectivity index (χ1n) is 8.55. The van der Waals surface area contributed by atoms with Gasteiger partial charge < -0.3 is 10.1 Å². The van der Waals surface area contributed by atoms with Crippen LogP contribution in [0.15, 0.2) is 53.9 Å². The third-order valence-corrected chi connectivity index (χ3v) is 5.59. The Morgan fingerprint density at radius 1 is 1.23 bits per heavy atom. The second-order valence-electron chi connectivity index (χ2n) is 6.21. The molecular weight excluding hydrogens is 349 g/mol. The number of nitrogens with one attached hydrogen (secondary N) is 1. The van der Waals surface area contributed by atoms with Gasteiger partial charge in [0.2, 0.25) is 5.91 Å². The minimum Gasteiger partial charge on any atom is -0.494 e. The van der Waals surface area contributed by atoms with E-state index >= 15 is 0 Å². The Labute approximate surface area is 155 Å². The molecule has 1 N–H and O–H groups in total. The number of ether oxygens (including phenoxy) is 1. The summed E-state index contributed by atoms with van der Waals surface area (Å²) in [4.78, 5) is 13.5. The Bertz CT molecular complexity index is 966. The van der Waals surface area contributed by atoms with Crippen LogP contribution in [0.2, 0.25) is 0 Å². The number of halogens is 1. The second kappa shape index (κ2) is 6.92. The fourth-order valence-electron chi connectivity index (χ4n) is 3.35. The van der Waals surface area contributed by atoms with Gasteiger partial charge in [0.25, 0.3) is 0 Å².